The number of nitriles is 1. The Morgan fingerprint density at radius 2 is 1.57 bits per heavy atom. The molecule has 1 aliphatic heterocycles. The highest BCUT2D eigenvalue weighted by molar-refractivity contribution is 8.04. The molecule has 1 heterocycles. The Balaban J connectivity index is 1.27. The van der Waals surface area contributed by atoms with Gasteiger partial charge in [0.15, 0.2) is 0 Å². The second-order valence-corrected chi connectivity index (χ2v) is 18.4. The van der Waals surface area contributed by atoms with E-state index in [0.717, 1.165) is 42.8 Å². The van der Waals surface area contributed by atoms with Crippen LogP contribution < -0.4 is 9.64 Å². The Morgan fingerprint density at radius 3 is 2.17 bits per heavy atom. The second kappa shape index (κ2) is 11.7. The van der Waals surface area contributed by atoms with Gasteiger partial charge in [0.25, 0.3) is 0 Å². The number of methoxy groups -OCH3 is 1. The predicted molar refractivity (Wildman–Crippen MR) is 195 cm³/mol. The van der Waals surface area contributed by atoms with Gasteiger partial charge in [-0.05, 0) is 172 Å². The average molecular weight is 633 g/mol. The van der Waals surface area contributed by atoms with E-state index in [-0.39, 0.29) is 11.0 Å². The summed E-state index contributed by atoms with van der Waals surface area (Å²) in [5.74, 6) is 4.11. The number of anilines is 2. The SMILES string of the molecule is COc1ccc(N2c3cc(C)c(/C=C/C4=C(SC56CC7CC(CC(C7)C5)C6)C(=C/C#N)/CC(C)(C)C4)cc3C(C)CC2(C)C)cc1. The molecule has 0 spiro atoms. The lowest BCUT2D eigenvalue weighted by Gasteiger charge is -2.57. The van der Waals surface area contributed by atoms with Crippen LogP contribution in [0.25, 0.3) is 6.08 Å². The Hall–Kier alpha value is -2.90. The van der Waals surface area contributed by atoms with Crippen molar-refractivity contribution in [3.63, 3.8) is 0 Å². The van der Waals surface area contributed by atoms with E-state index in [9.17, 15) is 5.26 Å². The van der Waals surface area contributed by atoms with Gasteiger partial charge in [-0.25, -0.2) is 0 Å². The van der Waals surface area contributed by atoms with Gasteiger partial charge in [-0.15, -0.1) is 11.8 Å². The van der Waals surface area contributed by atoms with Gasteiger partial charge in [0, 0.05) is 32.6 Å². The van der Waals surface area contributed by atoms with Gasteiger partial charge in [0.2, 0.25) is 0 Å². The number of ether oxygens (including phenoxy) is 1. The minimum Gasteiger partial charge on any atom is -0.497 e. The number of aryl methyl sites for hydroxylation is 1. The van der Waals surface area contributed by atoms with E-state index in [0.29, 0.717) is 10.7 Å². The molecule has 0 radical (unpaired) electrons. The maximum absolute atomic E-state index is 9.88. The van der Waals surface area contributed by atoms with Crippen LogP contribution in [0.5, 0.6) is 5.75 Å². The number of allylic oxidation sites excluding steroid dienone is 4. The fourth-order valence-corrected chi connectivity index (χ4v) is 12.4. The van der Waals surface area contributed by atoms with Crippen LogP contribution in [-0.2, 0) is 0 Å². The molecule has 4 bridgehead atoms. The molecule has 4 heteroatoms. The van der Waals surface area contributed by atoms with E-state index in [2.05, 4.69) is 113 Å². The molecule has 1 atom stereocenters. The maximum Gasteiger partial charge on any atom is 0.119 e. The first-order valence-electron chi connectivity index (χ1n) is 17.7. The van der Waals surface area contributed by atoms with Gasteiger partial charge < -0.3 is 9.64 Å². The first-order valence-corrected chi connectivity index (χ1v) is 18.5. The molecule has 3 nitrogen and oxygen atoms in total. The van der Waals surface area contributed by atoms with E-state index in [1.54, 1.807) is 7.11 Å². The molecule has 0 N–H and O–H groups in total. The topological polar surface area (TPSA) is 36.3 Å². The minimum absolute atomic E-state index is 0.00382. The number of benzene rings is 2. The second-order valence-electron chi connectivity index (χ2n) is 16.9. The molecular weight excluding hydrogens is 581 g/mol. The summed E-state index contributed by atoms with van der Waals surface area (Å²) in [5, 5.41) is 9.88. The normalized spacial score (nSPS) is 31.8. The Morgan fingerprint density at radius 1 is 0.913 bits per heavy atom. The van der Waals surface area contributed by atoms with Crippen molar-refractivity contribution in [2.75, 3.05) is 12.0 Å². The van der Waals surface area contributed by atoms with Crippen LogP contribution in [0.2, 0.25) is 0 Å². The van der Waals surface area contributed by atoms with Gasteiger partial charge in [0.05, 0.1) is 13.2 Å². The molecule has 4 saturated carbocycles. The van der Waals surface area contributed by atoms with Crippen molar-refractivity contribution in [2.24, 2.45) is 23.2 Å². The Kier molecular flexibility index (Phi) is 8.03. The van der Waals surface area contributed by atoms with Crippen molar-refractivity contribution in [3.05, 3.63) is 81.3 Å². The summed E-state index contributed by atoms with van der Waals surface area (Å²) in [6.07, 6.45) is 18.3. The summed E-state index contributed by atoms with van der Waals surface area (Å²) in [5.41, 5.74) is 9.40. The van der Waals surface area contributed by atoms with Crippen molar-refractivity contribution in [1.82, 2.24) is 0 Å². The highest BCUT2D eigenvalue weighted by atomic mass is 32.2. The van der Waals surface area contributed by atoms with Crippen molar-refractivity contribution in [2.45, 2.75) is 116 Å². The molecule has 0 saturated heterocycles. The van der Waals surface area contributed by atoms with Gasteiger partial charge >= 0.3 is 0 Å². The molecule has 0 amide bonds. The zero-order valence-corrected chi connectivity index (χ0v) is 29.9. The van der Waals surface area contributed by atoms with Crippen molar-refractivity contribution >= 4 is 29.2 Å². The largest absolute Gasteiger partial charge is 0.497 e. The Labute approximate surface area is 282 Å². The standard InChI is InChI=1S/C42H52N2OS/c1-27-16-38-37(28(2)21-41(5,6)44(38)35-10-12-36(45-7)13-11-35)20-32(27)8-9-33-25-40(3,4)26-34(14-15-43)39(33)46-42-22-29-17-30(23-42)19-31(18-29)24-42/h8-14,16,20,28-31H,17-19,21-26H2,1-7H3/b9-8+,34-14+. The molecule has 6 aliphatic rings. The molecule has 0 aromatic heterocycles. The third kappa shape index (κ3) is 5.87. The summed E-state index contributed by atoms with van der Waals surface area (Å²) in [7, 11) is 1.73. The molecule has 2 aromatic carbocycles. The first-order chi connectivity index (χ1) is 21.9. The molecular formula is C42H52N2OS. The van der Waals surface area contributed by atoms with Crippen LogP contribution in [0.3, 0.4) is 0 Å². The van der Waals surface area contributed by atoms with Gasteiger partial charge in [-0.1, -0.05) is 32.9 Å². The summed E-state index contributed by atoms with van der Waals surface area (Å²) in [6, 6.07) is 15.8. The fraction of sp³-hybridized carbons (Fsp3) is 0.548. The smallest absolute Gasteiger partial charge is 0.119 e. The van der Waals surface area contributed by atoms with E-state index in [1.807, 2.05) is 6.08 Å². The summed E-state index contributed by atoms with van der Waals surface area (Å²) in [4.78, 5) is 3.96. The van der Waals surface area contributed by atoms with Crippen LogP contribution in [0.1, 0.15) is 115 Å². The number of rotatable bonds is 6. The number of thioether (sulfide) groups is 1. The van der Waals surface area contributed by atoms with Gasteiger partial charge in [0.1, 0.15) is 5.75 Å². The van der Waals surface area contributed by atoms with Crippen LogP contribution in [-0.4, -0.2) is 17.4 Å². The molecule has 5 aliphatic carbocycles. The van der Waals surface area contributed by atoms with Crippen molar-refractivity contribution in [1.29, 1.82) is 5.26 Å². The van der Waals surface area contributed by atoms with E-state index < -0.39 is 0 Å². The summed E-state index contributed by atoms with van der Waals surface area (Å²) >= 11 is 2.19. The van der Waals surface area contributed by atoms with E-state index >= 15 is 0 Å². The third-order valence-corrected chi connectivity index (χ3v) is 13.5. The fourth-order valence-electron chi connectivity index (χ4n) is 10.5. The molecule has 8 rings (SSSR count). The summed E-state index contributed by atoms with van der Waals surface area (Å²) < 4.78 is 5.83. The van der Waals surface area contributed by atoms with Crippen LogP contribution >= 0.6 is 11.8 Å². The highest BCUT2D eigenvalue weighted by Gasteiger charge is 2.52. The van der Waals surface area contributed by atoms with E-state index in [4.69, 9.17) is 4.74 Å². The first kappa shape index (κ1) is 31.7. The molecule has 1 unspecified atom stereocenters. The quantitative estimate of drug-likeness (QED) is 0.297. The van der Waals surface area contributed by atoms with Gasteiger partial charge in [-0.3, -0.25) is 0 Å². The zero-order chi connectivity index (χ0) is 32.4. The van der Waals surface area contributed by atoms with Gasteiger partial charge in [-0.2, -0.15) is 5.26 Å². The lowest BCUT2D eigenvalue weighted by molar-refractivity contribution is 0.0385. The monoisotopic (exact) mass is 632 g/mol. The summed E-state index contributed by atoms with van der Waals surface area (Å²) in [6.45, 7) is 14.1. The number of fused-ring (bicyclic) bond motifs is 1. The molecule has 46 heavy (non-hydrogen) atoms. The van der Waals surface area contributed by atoms with Crippen LogP contribution in [0.15, 0.2) is 64.6 Å². The number of hydrogen-bond acceptors (Lipinski definition) is 4. The predicted octanol–water partition coefficient (Wildman–Crippen LogP) is 11.7. The highest BCUT2D eigenvalue weighted by Crippen LogP contribution is 2.64. The number of hydrogen-bond donors (Lipinski definition) is 0. The average Bonchev–Trinajstić information content (AvgIpc) is 2.97. The molecule has 4 fully saturated rings. The third-order valence-electron chi connectivity index (χ3n) is 11.9. The van der Waals surface area contributed by atoms with Crippen LogP contribution in [0.4, 0.5) is 11.4 Å². The lowest BCUT2D eigenvalue weighted by atomic mass is 9.56. The van der Waals surface area contributed by atoms with Crippen molar-refractivity contribution in [3.8, 4) is 11.8 Å². The molecule has 2 aromatic rings. The zero-order valence-electron chi connectivity index (χ0n) is 29.1. The minimum atomic E-state index is -0.00382. The van der Waals surface area contributed by atoms with Crippen molar-refractivity contribution < 1.29 is 4.74 Å². The lowest BCUT2D eigenvalue weighted by Crippen LogP contribution is -2.48. The number of nitrogens with zero attached hydrogens (tertiary/aromatic N) is 2. The Bertz CT molecular complexity index is 1610. The maximum atomic E-state index is 9.88. The van der Waals surface area contributed by atoms with E-state index in [1.165, 1.54) is 82.6 Å². The van der Waals surface area contributed by atoms with Crippen LogP contribution in [0, 0.1) is 41.4 Å². The molecule has 242 valence electrons.